The van der Waals surface area contributed by atoms with Crippen molar-refractivity contribution in [3.05, 3.63) is 66.1 Å². The number of hydrogen-bond donors (Lipinski definition) is 0. The molecule has 0 amide bonds. The Morgan fingerprint density at radius 2 is 1.81 bits per heavy atom. The summed E-state index contributed by atoms with van der Waals surface area (Å²) in [5, 5.41) is 0. The zero-order valence-corrected chi connectivity index (χ0v) is 9.56. The molecule has 3 unspecified atom stereocenters. The summed E-state index contributed by atoms with van der Waals surface area (Å²) in [4.78, 5) is 0. The molecule has 16 heavy (non-hydrogen) atoms. The van der Waals surface area contributed by atoms with Crippen molar-refractivity contribution in [3.8, 4) is 0 Å². The van der Waals surface area contributed by atoms with Gasteiger partial charge in [-0.25, -0.2) is 0 Å². The third-order valence-electron chi connectivity index (χ3n) is 3.63. The number of hydrogen-bond acceptors (Lipinski definition) is 0. The second-order valence-corrected chi connectivity index (χ2v) is 4.83. The Bertz CT molecular complexity index is 402. The van der Waals surface area contributed by atoms with E-state index in [0.717, 1.165) is 0 Å². The first-order valence-electron chi connectivity index (χ1n) is 6.00. The van der Waals surface area contributed by atoms with Crippen LogP contribution in [0, 0.1) is 25.2 Å². The summed E-state index contributed by atoms with van der Waals surface area (Å²) >= 11 is 0. The van der Waals surface area contributed by atoms with Crippen LogP contribution in [0.3, 0.4) is 0 Å². The van der Waals surface area contributed by atoms with Crippen molar-refractivity contribution in [2.75, 3.05) is 0 Å². The summed E-state index contributed by atoms with van der Waals surface area (Å²) in [5.74, 6) is 1.73. The van der Waals surface area contributed by atoms with E-state index in [0.29, 0.717) is 17.8 Å². The molecule has 0 nitrogen and oxygen atoms in total. The summed E-state index contributed by atoms with van der Waals surface area (Å²) in [7, 11) is 0. The molecule has 0 aliphatic heterocycles. The van der Waals surface area contributed by atoms with Gasteiger partial charge in [-0.05, 0) is 43.1 Å². The molecule has 0 heterocycles. The van der Waals surface area contributed by atoms with Gasteiger partial charge in [0.05, 0.1) is 0 Å². The van der Waals surface area contributed by atoms with Gasteiger partial charge in [0.2, 0.25) is 0 Å². The monoisotopic (exact) mass is 208 g/mol. The van der Waals surface area contributed by atoms with E-state index in [2.05, 4.69) is 61.9 Å². The molecule has 1 aromatic carbocycles. The molecule has 2 radical (unpaired) electrons. The maximum atomic E-state index is 3.69. The van der Waals surface area contributed by atoms with Gasteiger partial charge in [-0.2, -0.15) is 0 Å². The van der Waals surface area contributed by atoms with Crippen molar-refractivity contribution in [2.45, 2.75) is 19.3 Å². The molecular formula is C16H16. The van der Waals surface area contributed by atoms with Crippen LogP contribution in [0.15, 0.2) is 48.6 Å². The van der Waals surface area contributed by atoms with E-state index in [1.807, 2.05) is 0 Å². The second-order valence-electron chi connectivity index (χ2n) is 4.83. The third-order valence-corrected chi connectivity index (χ3v) is 3.63. The minimum Gasteiger partial charge on any atom is -0.0808 e. The molecule has 3 atom stereocenters. The Morgan fingerprint density at radius 1 is 1.06 bits per heavy atom. The van der Waals surface area contributed by atoms with Crippen molar-refractivity contribution in [1.29, 1.82) is 0 Å². The summed E-state index contributed by atoms with van der Waals surface area (Å²) in [5.41, 5.74) is 2.75. The molecule has 2 aliphatic carbocycles. The first-order valence-corrected chi connectivity index (χ1v) is 6.00. The lowest BCUT2D eigenvalue weighted by molar-refractivity contribution is 0.579. The van der Waals surface area contributed by atoms with Gasteiger partial charge >= 0.3 is 0 Å². The summed E-state index contributed by atoms with van der Waals surface area (Å²) < 4.78 is 0. The molecule has 2 aliphatic rings. The molecule has 0 heteroatoms. The smallest absolute Gasteiger partial charge is 0.00118 e. The van der Waals surface area contributed by atoms with Crippen LogP contribution in [0.1, 0.15) is 23.5 Å². The van der Waals surface area contributed by atoms with Crippen molar-refractivity contribution >= 4 is 0 Å². The largest absolute Gasteiger partial charge is 0.0808 e. The van der Waals surface area contributed by atoms with Crippen LogP contribution in [-0.4, -0.2) is 0 Å². The standard InChI is InChI=1S/C16H16/c1-12-6-8-13(9-7-12)16-10-14-4-2-3-5-15(14)11-16/h2-9,14-16H,10H2,1H3. The summed E-state index contributed by atoms with van der Waals surface area (Å²) in [6, 6.07) is 8.89. The first-order chi connectivity index (χ1) is 7.83. The Hall–Kier alpha value is -1.30. The van der Waals surface area contributed by atoms with Gasteiger partial charge in [-0.15, -0.1) is 0 Å². The average molecular weight is 208 g/mol. The molecule has 0 aromatic heterocycles. The van der Waals surface area contributed by atoms with Gasteiger partial charge in [0.15, 0.2) is 0 Å². The van der Waals surface area contributed by atoms with E-state index in [1.54, 1.807) is 0 Å². The number of rotatable bonds is 1. The predicted molar refractivity (Wildman–Crippen MR) is 67.0 cm³/mol. The predicted octanol–water partition coefficient (Wildman–Crippen LogP) is 3.92. The lowest BCUT2D eigenvalue weighted by Crippen LogP contribution is -2.03. The highest BCUT2D eigenvalue weighted by molar-refractivity contribution is 5.32. The maximum absolute atomic E-state index is 3.69. The van der Waals surface area contributed by atoms with Gasteiger partial charge in [0.1, 0.15) is 0 Å². The highest BCUT2D eigenvalue weighted by Crippen LogP contribution is 2.44. The van der Waals surface area contributed by atoms with Gasteiger partial charge in [-0.3, -0.25) is 0 Å². The quantitative estimate of drug-likeness (QED) is 0.656. The molecule has 0 spiro atoms. The van der Waals surface area contributed by atoms with Gasteiger partial charge < -0.3 is 0 Å². The minimum absolute atomic E-state index is 0.517. The van der Waals surface area contributed by atoms with Crippen molar-refractivity contribution in [1.82, 2.24) is 0 Å². The zero-order valence-electron chi connectivity index (χ0n) is 9.56. The number of allylic oxidation sites excluding steroid dienone is 4. The van der Waals surface area contributed by atoms with Gasteiger partial charge in [0.25, 0.3) is 0 Å². The van der Waals surface area contributed by atoms with Crippen LogP contribution < -0.4 is 0 Å². The van der Waals surface area contributed by atoms with Crippen LogP contribution in [-0.2, 0) is 0 Å². The van der Waals surface area contributed by atoms with E-state index in [4.69, 9.17) is 0 Å². The van der Waals surface area contributed by atoms with E-state index in [-0.39, 0.29) is 0 Å². The average Bonchev–Trinajstić information content (AvgIpc) is 2.73. The van der Waals surface area contributed by atoms with Gasteiger partial charge in [-0.1, -0.05) is 54.1 Å². The van der Waals surface area contributed by atoms with Crippen molar-refractivity contribution in [2.24, 2.45) is 11.8 Å². The zero-order chi connectivity index (χ0) is 11.0. The molecule has 0 bridgehead atoms. The molecule has 1 fully saturated rings. The minimum atomic E-state index is 0.517. The fraction of sp³-hybridized carbons (Fsp3) is 0.312. The molecule has 3 rings (SSSR count). The van der Waals surface area contributed by atoms with Crippen LogP contribution in [0.4, 0.5) is 0 Å². The van der Waals surface area contributed by atoms with Gasteiger partial charge in [0, 0.05) is 0 Å². The molecule has 0 saturated heterocycles. The lowest BCUT2D eigenvalue weighted by atomic mass is 9.92. The SMILES string of the molecule is Cc1ccc(C2[C]C3C=CC=CC3C2)cc1. The van der Waals surface area contributed by atoms with Crippen LogP contribution in [0.2, 0.25) is 0 Å². The molecule has 0 N–H and O–H groups in total. The summed E-state index contributed by atoms with van der Waals surface area (Å²) in [6.07, 6.45) is 13.8. The lowest BCUT2D eigenvalue weighted by Gasteiger charge is -2.12. The van der Waals surface area contributed by atoms with Crippen LogP contribution in [0.5, 0.6) is 0 Å². The number of fused-ring (bicyclic) bond motifs is 1. The van der Waals surface area contributed by atoms with Crippen molar-refractivity contribution < 1.29 is 0 Å². The number of benzene rings is 1. The second kappa shape index (κ2) is 3.93. The fourth-order valence-corrected chi connectivity index (χ4v) is 2.66. The molecule has 1 saturated carbocycles. The highest BCUT2D eigenvalue weighted by atomic mass is 14.4. The Kier molecular flexibility index (Phi) is 2.43. The molecule has 80 valence electrons. The van der Waals surface area contributed by atoms with Crippen LogP contribution >= 0.6 is 0 Å². The highest BCUT2D eigenvalue weighted by Gasteiger charge is 2.33. The Balaban J connectivity index is 1.80. The topological polar surface area (TPSA) is 0 Å². The normalized spacial score (nSPS) is 31.7. The first kappa shape index (κ1) is 9.89. The Labute approximate surface area is 97.7 Å². The third kappa shape index (κ3) is 1.73. The van der Waals surface area contributed by atoms with E-state index in [9.17, 15) is 0 Å². The fourth-order valence-electron chi connectivity index (χ4n) is 2.66. The number of aryl methyl sites for hydroxylation is 1. The van der Waals surface area contributed by atoms with Crippen molar-refractivity contribution in [3.63, 3.8) is 0 Å². The summed E-state index contributed by atoms with van der Waals surface area (Å²) in [6.45, 7) is 2.14. The van der Waals surface area contributed by atoms with E-state index >= 15 is 0 Å². The van der Waals surface area contributed by atoms with Crippen LogP contribution in [0.25, 0.3) is 0 Å². The maximum Gasteiger partial charge on any atom is -0.00118 e. The van der Waals surface area contributed by atoms with E-state index < -0.39 is 0 Å². The van der Waals surface area contributed by atoms with E-state index in [1.165, 1.54) is 17.5 Å². The molecular weight excluding hydrogens is 192 g/mol. The molecule has 1 aromatic rings. The Morgan fingerprint density at radius 3 is 2.56 bits per heavy atom.